The van der Waals surface area contributed by atoms with Crippen LogP contribution in [0.3, 0.4) is 0 Å². The summed E-state index contributed by atoms with van der Waals surface area (Å²) in [6, 6.07) is 10.0. The molecule has 0 spiro atoms. The highest BCUT2D eigenvalue weighted by molar-refractivity contribution is 5.78. The van der Waals surface area contributed by atoms with E-state index in [0.29, 0.717) is 31.0 Å². The van der Waals surface area contributed by atoms with Crippen molar-refractivity contribution in [2.45, 2.75) is 33.2 Å². The van der Waals surface area contributed by atoms with Gasteiger partial charge in [-0.25, -0.2) is 4.98 Å². The van der Waals surface area contributed by atoms with Crippen LogP contribution < -0.4 is 14.8 Å². The third-order valence-electron chi connectivity index (χ3n) is 5.00. The topological polar surface area (TPSA) is 65.4 Å². The van der Waals surface area contributed by atoms with Gasteiger partial charge < -0.3 is 19.4 Å². The van der Waals surface area contributed by atoms with Crippen LogP contribution in [0.15, 0.2) is 36.7 Å². The van der Waals surface area contributed by atoms with E-state index in [1.807, 2.05) is 22.8 Å². The molecule has 6 nitrogen and oxygen atoms in total. The second-order valence-electron chi connectivity index (χ2n) is 6.90. The number of nitrogens with zero attached hydrogens (tertiary/aromatic N) is 2. The molecule has 0 unspecified atom stereocenters. The van der Waals surface area contributed by atoms with Crippen LogP contribution in [0.2, 0.25) is 0 Å². The van der Waals surface area contributed by atoms with Crippen LogP contribution in [0.25, 0.3) is 11.0 Å². The van der Waals surface area contributed by atoms with Crippen LogP contribution in [0.1, 0.15) is 23.1 Å². The second-order valence-corrected chi connectivity index (χ2v) is 6.90. The van der Waals surface area contributed by atoms with E-state index in [1.165, 1.54) is 11.1 Å². The molecule has 0 aliphatic carbocycles. The van der Waals surface area contributed by atoms with Gasteiger partial charge in [0.15, 0.2) is 11.5 Å². The molecule has 1 N–H and O–H groups in total. The molecule has 0 bridgehead atoms. The number of nitrogens with one attached hydrogen (secondary N) is 1. The van der Waals surface area contributed by atoms with Crippen molar-refractivity contribution in [1.29, 1.82) is 0 Å². The lowest BCUT2D eigenvalue weighted by atomic mass is 10.1. The Morgan fingerprint density at radius 1 is 1.07 bits per heavy atom. The molecule has 0 aliphatic rings. The Hall–Kier alpha value is -3.02. The van der Waals surface area contributed by atoms with E-state index in [4.69, 9.17) is 9.47 Å². The number of imidazole rings is 1. The number of carbonyl (C=O) groups is 1. The van der Waals surface area contributed by atoms with Crippen molar-refractivity contribution in [3.63, 3.8) is 0 Å². The summed E-state index contributed by atoms with van der Waals surface area (Å²) in [6.45, 7) is 5.37. The van der Waals surface area contributed by atoms with Gasteiger partial charge in [0.25, 0.3) is 0 Å². The predicted molar refractivity (Wildman–Crippen MR) is 110 cm³/mol. The summed E-state index contributed by atoms with van der Waals surface area (Å²) in [7, 11) is 3.23. The van der Waals surface area contributed by atoms with Gasteiger partial charge in [-0.3, -0.25) is 4.79 Å². The predicted octanol–water partition coefficient (Wildman–Crippen LogP) is 3.42. The number of rotatable bonds is 8. The minimum absolute atomic E-state index is 0.0335. The zero-order valence-electron chi connectivity index (χ0n) is 16.9. The maximum absolute atomic E-state index is 12.2. The molecule has 6 heteroatoms. The maximum atomic E-state index is 12.2. The molecule has 28 heavy (non-hydrogen) atoms. The molecule has 0 radical (unpaired) electrons. The first kappa shape index (κ1) is 19.7. The van der Waals surface area contributed by atoms with E-state index >= 15 is 0 Å². The first-order chi connectivity index (χ1) is 13.5. The number of fused-ring (bicyclic) bond motifs is 1. The van der Waals surface area contributed by atoms with Gasteiger partial charge in [0.05, 0.1) is 31.6 Å². The Kier molecular flexibility index (Phi) is 6.19. The molecule has 0 aliphatic heterocycles. The fraction of sp³-hybridized carbons (Fsp3) is 0.364. The highest BCUT2D eigenvalue weighted by Crippen LogP contribution is 2.27. The van der Waals surface area contributed by atoms with Gasteiger partial charge in [0.1, 0.15) is 0 Å². The van der Waals surface area contributed by atoms with Crippen molar-refractivity contribution < 1.29 is 14.3 Å². The Morgan fingerprint density at radius 3 is 2.57 bits per heavy atom. The zero-order chi connectivity index (χ0) is 20.1. The molecule has 2 aromatic carbocycles. The van der Waals surface area contributed by atoms with Gasteiger partial charge >= 0.3 is 0 Å². The summed E-state index contributed by atoms with van der Waals surface area (Å²) in [6.07, 6.45) is 2.96. The smallest absolute Gasteiger partial charge is 0.221 e. The minimum Gasteiger partial charge on any atom is -0.493 e. The zero-order valence-corrected chi connectivity index (χ0v) is 16.9. The number of carbonyl (C=O) groups excluding carboxylic acids is 1. The number of aromatic nitrogens is 2. The Bertz CT molecular complexity index is 979. The number of hydrogen-bond donors (Lipinski definition) is 1. The van der Waals surface area contributed by atoms with Gasteiger partial charge in [0, 0.05) is 19.5 Å². The third kappa shape index (κ3) is 4.44. The Labute approximate surface area is 165 Å². The molecule has 3 aromatic rings. The molecule has 0 saturated carbocycles. The summed E-state index contributed by atoms with van der Waals surface area (Å²) in [5.74, 6) is 1.43. The van der Waals surface area contributed by atoms with Crippen molar-refractivity contribution >= 4 is 16.9 Å². The normalized spacial score (nSPS) is 10.9. The highest BCUT2D eigenvalue weighted by Gasteiger charge is 2.08. The quantitative estimate of drug-likeness (QED) is 0.649. The van der Waals surface area contributed by atoms with E-state index in [1.54, 1.807) is 20.5 Å². The molecule has 0 saturated heterocycles. The molecule has 1 heterocycles. The van der Waals surface area contributed by atoms with E-state index < -0.39 is 0 Å². The monoisotopic (exact) mass is 381 g/mol. The van der Waals surface area contributed by atoms with E-state index in [-0.39, 0.29) is 5.91 Å². The number of aryl methyl sites for hydroxylation is 3. The van der Waals surface area contributed by atoms with E-state index in [2.05, 4.69) is 36.3 Å². The van der Waals surface area contributed by atoms with Crippen molar-refractivity contribution in [3.8, 4) is 11.5 Å². The van der Waals surface area contributed by atoms with Gasteiger partial charge in [-0.2, -0.15) is 0 Å². The maximum Gasteiger partial charge on any atom is 0.221 e. The first-order valence-electron chi connectivity index (χ1n) is 9.41. The average molecular weight is 381 g/mol. The van der Waals surface area contributed by atoms with Gasteiger partial charge in [-0.05, 0) is 61.2 Å². The molecule has 0 fully saturated rings. The number of methoxy groups -OCH3 is 2. The van der Waals surface area contributed by atoms with Crippen molar-refractivity contribution in [2.75, 3.05) is 20.8 Å². The van der Waals surface area contributed by atoms with E-state index in [0.717, 1.165) is 23.0 Å². The molecule has 0 atom stereocenters. The second kappa shape index (κ2) is 8.78. The summed E-state index contributed by atoms with van der Waals surface area (Å²) >= 11 is 0. The SMILES string of the molecule is COc1ccc(CCNC(=O)CCn2cnc3cc(C)c(C)cc32)cc1OC. The number of amides is 1. The molecular weight excluding hydrogens is 354 g/mol. The first-order valence-corrected chi connectivity index (χ1v) is 9.41. The third-order valence-corrected chi connectivity index (χ3v) is 5.00. The fourth-order valence-electron chi connectivity index (χ4n) is 3.18. The molecule has 1 aromatic heterocycles. The fourth-order valence-corrected chi connectivity index (χ4v) is 3.18. The lowest BCUT2D eigenvalue weighted by Gasteiger charge is -2.10. The molecule has 3 rings (SSSR count). The number of hydrogen-bond acceptors (Lipinski definition) is 4. The van der Waals surface area contributed by atoms with Crippen molar-refractivity contribution in [3.05, 3.63) is 53.3 Å². The van der Waals surface area contributed by atoms with Crippen LogP contribution in [0.5, 0.6) is 11.5 Å². The average Bonchev–Trinajstić information content (AvgIpc) is 3.08. The van der Waals surface area contributed by atoms with Crippen LogP contribution in [0.4, 0.5) is 0 Å². The highest BCUT2D eigenvalue weighted by atomic mass is 16.5. The summed E-state index contributed by atoms with van der Waals surface area (Å²) in [5.41, 5.74) is 5.59. The van der Waals surface area contributed by atoms with Gasteiger partial charge in [-0.1, -0.05) is 6.07 Å². The van der Waals surface area contributed by atoms with E-state index in [9.17, 15) is 4.79 Å². The largest absolute Gasteiger partial charge is 0.493 e. The van der Waals surface area contributed by atoms with Crippen LogP contribution in [-0.4, -0.2) is 36.2 Å². The molecule has 148 valence electrons. The summed E-state index contributed by atoms with van der Waals surface area (Å²) < 4.78 is 12.6. The van der Waals surface area contributed by atoms with Crippen molar-refractivity contribution in [1.82, 2.24) is 14.9 Å². The number of benzene rings is 2. The summed E-state index contributed by atoms with van der Waals surface area (Å²) in [5, 5.41) is 2.98. The molecule has 1 amide bonds. The van der Waals surface area contributed by atoms with Crippen LogP contribution >= 0.6 is 0 Å². The Balaban J connectivity index is 1.51. The molecular formula is C22H27N3O3. The Morgan fingerprint density at radius 2 is 1.82 bits per heavy atom. The standard InChI is InChI=1S/C22H27N3O3/c1-15-11-18-19(12-16(15)2)25(14-24-18)10-8-22(26)23-9-7-17-5-6-20(27-3)21(13-17)28-4/h5-6,11-14H,7-10H2,1-4H3,(H,23,26). The van der Waals surface area contributed by atoms with Crippen LogP contribution in [0, 0.1) is 13.8 Å². The van der Waals surface area contributed by atoms with Gasteiger partial charge in [-0.15, -0.1) is 0 Å². The van der Waals surface area contributed by atoms with Gasteiger partial charge in [0.2, 0.25) is 5.91 Å². The minimum atomic E-state index is 0.0335. The van der Waals surface area contributed by atoms with Crippen molar-refractivity contribution in [2.24, 2.45) is 0 Å². The lowest BCUT2D eigenvalue weighted by Crippen LogP contribution is -2.26. The lowest BCUT2D eigenvalue weighted by molar-refractivity contribution is -0.121. The number of ether oxygens (including phenoxy) is 2. The summed E-state index contributed by atoms with van der Waals surface area (Å²) in [4.78, 5) is 16.7. The van der Waals surface area contributed by atoms with Crippen LogP contribution in [-0.2, 0) is 17.8 Å².